The number of amides is 1. The standard InChI is InChI=1S/C16H19FN6O2/c1-19-6-10-4-5-25-9-13(10)23-8-12(15(18)24)16(22-23)21-11-2-3-14(17)20-7-11/h2-3,7-8,10,13H,1,4-6,9H2,(H2,18,24)(H,21,22)/t10-,13+/m1/s1. The molecular formula is C16H19FN6O2. The van der Waals surface area contributed by atoms with E-state index in [9.17, 15) is 9.18 Å². The molecule has 8 nitrogen and oxygen atoms in total. The molecule has 1 aliphatic rings. The van der Waals surface area contributed by atoms with Gasteiger partial charge in [0.05, 0.1) is 24.5 Å². The number of nitrogens with two attached hydrogens (primary N) is 1. The van der Waals surface area contributed by atoms with E-state index in [1.54, 1.807) is 10.9 Å². The molecular weight excluding hydrogens is 327 g/mol. The zero-order valence-electron chi connectivity index (χ0n) is 13.6. The van der Waals surface area contributed by atoms with Crippen molar-refractivity contribution in [2.75, 3.05) is 25.1 Å². The van der Waals surface area contributed by atoms with Crippen molar-refractivity contribution in [3.8, 4) is 0 Å². The van der Waals surface area contributed by atoms with Gasteiger partial charge in [0.25, 0.3) is 5.91 Å². The zero-order valence-corrected chi connectivity index (χ0v) is 13.6. The number of nitrogens with zero attached hydrogens (tertiary/aromatic N) is 4. The van der Waals surface area contributed by atoms with Gasteiger partial charge in [-0.3, -0.25) is 9.48 Å². The molecule has 0 spiro atoms. The van der Waals surface area contributed by atoms with Crippen LogP contribution in [0.15, 0.2) is 29.5 Å². The largest absolute Gasteiger partial charge is 0.379 e. The molecule has 2 atom stereocenters. The summed E-state index contributed by atoms with van der Waals surface area (Å²) in [6.07, 6.45) is 3.74. The topological polar surface area (TPSA) is 107 Å². The minimum atomic E-state index is -0.612. The van der Waals surface area contributed by atoms with Gasteiger partial charge in [0.15, 0.2) is 5.82 Å². The van der Waals surface area contributed by atoms with Gasteiger partial charge in [-0.1, -0.05) is 0 Å². The second-order valence-corrected chi connectivity index (χ2v) is 5.83. The molecule has 3 N–H and O–H groups in total. The Bertz CT molecular complexity index is 760. The summed E-state index contributed by atoms with van der Waals surface area (Å²) in [7, 11) is 0. The molecule has 2 aromatic rings. The molecule has 1 fully saturated rings. The number of anilines is 2. The Labute approximate surface area is 143 Å². The predicted molar refractivity (Wildman–Crippen MR) is 90.6 cm³/mol. The first-order valence-electron chi connectivity index (χ1n) is 7.86. The molecule has 1 amide bonds. The Morgan fingerprint density at radius 2 is 2.40 bits per heavy atom. The molecule has 0 radical (unpaired) electrons. The summed E-state index contributed by atoms with van der Waals surface area (Å²) in [6.45, 7) is 5.27. The number of nitrogens with one attached hydrogen (secondary N) is 1. The minimum Gasteiger partial charge on any atom is -0.379 e. The van der Waals surface area contributed by atoms with Crippen LogP contribution in [0.1, 0.15) is 22.8 Å². The predicted octanol–water partition coefficient (Wildman–Crippen LogP) is 1.54. The number of hydrogen-bond donors (Lipinski definition) is 2. The van der Waals surface area contributed by atoms with Gasteiger partial charge in [-0.25, -0.2) is 4.98 Å². The third kappa shape index (κ3) is 3.82. The number of halogens is 1. The zero-order chi connectivity index (χ0) is 17.8. The van der Waals surface area contributed by atoms with E-state index in [0.29, 0.717) is 25.4 Å². The van der Waals surface area contributed by atoms with Gasteiger partial charge in [-0.05, 0) is 25.3 Å². The molecule has 1 aliphatic heterocycles. The van der Waals surface area contributed by atoms with Crippen molar-refractivity contribution >= 4 is 24.1 Å². The van der Waals surface area contributed by atoms with Crippen molar-refractivity contribution in [1.29, 1.82) is 0 Å². The number of pyridine rings is 1. The van der Waals surface area contributed by atoms with Crippen molar-refractivity contribution in [2.45, 2.75) is 12.5 Å². The first-order valence-corrected chi connectivity index (χ1v) is 7.86. The van der Waals surface area contributed by atoms with E-state index in [1.807, 2.05) is 0 Å². The van der Waals surface area contributed by atoms with E-state index in [4.69, 9.17) is 10.5 Å². The summed E-state index contributed by atoms with van der Waals surface area (Å²) in [5.74, 6) is -0.701. The van der Waals surface area contributed by atoms with Crippen LogP contribution in [0.5, 0.6) is 0 Å². The summed E-state index contributed by atoms with van der Waals surface area (Å²) in [5.41, 5.74) is 6.20. The summed E-state index contributed by atoms with van der Waals surface area (Å²) in [6, 6.07) is 2.64. The Morgan fingerprint density at radius 3 is 3.08 bits per heavy atom. The van der Waals surface area contributed by atoms with Crippen molar-refractivity contribution in [3.05, 3.63) is 36.0 Å². The molecule has 3 rings (SSSR count). The first-order chi connectivity index (χ1) is 12.1. The minimum absolute atomic E-state index is 0.0701. The maximum absolute atomic E-state index is 12.9. The van der Waals surface area contributed by atoms with Gasteiger partial charge in [0.2, 0.25) is 5.95 Å². The number of rotatable bonds is 6. The maximum Gasteiger partial charge on any atom is 0.254 e. The van der Waals surface area contributed by atoms with Crippen molar-refractivity contribution in [3.63, 3.8) is 0 Å². The van der Waals surface area contributed by atoms with E-state index >= 15 is 0 Å². The SMILES string of the molecule is C=NC[C@H]1CCOC[C@@H]1n1cc(C(N)=O)c(Nc2ccc(F)nc2)n1. The van der Waals surface area contributed by atoms with Crippen molar-refractivity contribution in [2.24, 2.45) is 16.6 Å². The Kier molecular flexibility index (Phi) is 5.03. The van der Waals surface area contributed by atoms with Crippen LogP contribution >= 0.6 is 0 Å². The highest BCUT2D eigenvalue weighted by Gasteiger charge is 2.29. The molecule has 9 heteroatoms. The molecule has 3 heterocycles. The highest BCUT2D eigenvalue weighted by molar-refractivity contribution is 5.98. The molecule has 0 saturated carbocycles. The fraction of sp³-hybridized carbons (Fsp3) is 0.375. The highest BCUT2D eigenvalue weighted by Crippen LogP contribution is 2.29. The quantitative estimate of drug-likeness (QED) is 0.609. The third-order valence-electron chi connectivity index (χ3n) is 4.16. The number of primary amides is 1. The number of aromatic nitrogens is 3. The van der Waals surface area contributed by atoms with Crippen LogP contribution in [0.3, 0.4) is 0 Å². The second-order valence-electron chi connectivity index (χ2n) is 5.83. The molecule has 0 bridgehead atoms. The molecule has 132 valence electrons. The average molecular weight is 346 g/mol. The van der Waals surface area contributed by atoms with Gasteiger partial charge < -0.3 is 20.8 Å². The van der Waals surface area contributed by atoms with Crippen molar-refractivity contribution in [1.82, 2.24) is 14.8 Å². The maximum atomic E-state index is 12.9. The molecule has 0 aliphatic carbocycles. The molecule has 1 saturated heterocycles. The number of carbonyl (C=O) groups excluding carboxylic acids is 1. The van der Waals surface area contributed by atoms with Crippen LogP contribution in [0.2, 0.25) is 0 Å². The highest BCUT2D eigenvalue weighted by atomic mass is 19.1. The number of aliphatic imine (C=N–C) groups is 1. The smallest absolute Gasteiger partial charge is 0.254 e. The molecule has 0 aromatic carbocycles. The van der Waals surface area contributed by atoms with Crippen molar-refractivity contribution < 1.29 is 13.9 Å². The second kappa shape index (κ2) is 7.39. The lowest BCUT2D eigenvalue weighted by Gasteiger charge is -2.30. The normalized spacial score (nSPS) is 20.2. The Morgan fingerprint density at radius 1 is 1.56 bits per heavy atom. The van der Waals surface area contributed by atoms with E-state index in [-0.39, 0.29) is 23.3 Å². The van der Waals surface area contributed by atoms with Crippen LogP contribution in [-0.2, 0) is 4.74 Å². The average Bonchev–Trinajstić information content (AvgIpc) is 3.02. The lowest BCUT2D eigenvalue weighted by Crippen LogP contribution is -2.32. The van der Waals surface area contributed by atoms with E-state index in [2.05, 4.69) is 27.1 Å². The summed E-state index contributed by atoms with van der Waals surface area (Å²) in [4.78, 5) is 19.3. The van der Waals surface area contributed by atoms with Gasteiger partial charge in [-0.2, -0.15) is 9.49 Å². The lowest BCUT2D eigenvalue weighted by molar-refractivity contribution is 0.0209. The van der Waals surface area contributed by atoms with Crippen LogP contribution in [0.4, 0.5) is 15.9 Å². The Hall–Kier alpha value is -2.81. The summed E-state index contributed by atoms with van der Waals surface area (Å²) < 4.78 is 20.2. The number of carbonyl (C=O) groups is 1. The first kappa shape index (κ1) is 17.0. The van der Waals surface area contributed by atoms with Gasteiger partial charge in [0.1, 0.15) is 5.56 Å². The fourth-order valence-corrected chi connectivity index (χ4v) is 2.86. The number of hydrogen-bond acceptors (Lipinski definition) is 6. The summed E-state index contributed by atoms with van der Waals surface area (Å²) in [5, 5.41) is 7.40. The fourth-order valence-electron chi connectivity index (χ4n) is 2.86. The molecule has 2 aromatic heterocycles. The molecule has 25 heavy (non-hydrogen) atoms. The Balaban J connectivity index is 1.89. The third-order valence-corrected chi connectivity index (χ3v) is 4.16. The summed E-state index contributed by atoms with van der Waals surface area (Å²) >= 11 is 0. The van der Waals surface area contributed by atoms with Crippen LogP contribution in [0, 0.1) is 11.9 Å². The van der Waals surface area contributed by atoms with Crippen LogP contribution in [0.25, 0.3) is 0 Å². The van der Waals surface area contributed by atoms with E-state index < -0.39 is 11.9 Å². The van der Waals surface area contributed by atoms with Gasteiger partial charge in [0, 0.05) is 25.3 Å². The van der Waals surface area contributed by atoms with Gasteiger partial charge >= 0.3 is 0 Å². The molecule has 0 unspecified atom stereocenters. The number of ether oxygens (including phenoxy) is 1. The van der Waals surface area contributed by atoms with Gasteiger partial charge in [-0.15, -0.1) is 0 Å². The van der Waals surface area contributed by atoms with E-state index in [0.717, 1.165) is 6.42 Å². The van der Waals surface area contributed by atoms with Crippen LogP contribution in [-0.4, -0.2) is 47.1 Å². The van der Waals surface area contributed by atoms with E-state index in [1.165, 1.54) is 18.3 Å². The monoisotopic (exact) mass is 346 g/mol. The lowest BCUT2D eigenvalue weighted by atomic mass is 9.95. The van der Waals surface area contributed by atoms with Crippen LogP contribution < -0.4 is 11.1 Å².